The van der Waals surface area contributed by atoms with E-state index >= 15 is 0 Å². The fourth-order valence-electron chi connectivity index (χ4n) is 1.86. The van der Waals surface area contributed by atoms with Crippen LogP contribution in [-0.2, 0) is 0 Å². The lowest BCUT2D eigenvalue weighted by atomic mass is 10.0. The maximum Gasteiger partial charge on any atom is 0.128 e. The smallest absolute Gasteiger partial charge is 0.128 e. The highest BCUT2D eigenvalue weighted by molar-refractivity contribution is 9.10. The summed E-state index contributed by atoms with van der Waals surface area (Å²) in [6, 6.07) is 6.54. The van der Waals surface area contributed by atoms with E-state index in [2.05, 4.69) is 22.0 Å². The minimum absolute atomic E-state index is 0.258. The molecule has 0 saturated heterocycles. The quantitative estimate of drug-likeness (QED) is 0.878. The van der Waals surface area contributed by atoms with Crippen LogP contribution >= 0.6 is 27.3 Å². The van der Waals surface area contributed by atoms with Crippen LogP contribution in [0.4, 0.5) is 4.39 Å². The van der Waals surface area contributed by atoms with E-state index in [1.54, 1.807) is 23.5 Å². The van der Waals surface area contributed by atoms with Crippen LogP contribution < -0.4 is 5.73 Å². The van der Waals surface area contributed by atoms with Crippen molar-refractivity contribution in [3.8, 4) is 0 Å². The molecule has 1 aromatic carbocycles. The van der Waals surface area contributed by atoms with E-state index in [-0.39, 0.29) is 5.82 Å². The van der Waals surface area contributed by atoms with Crippen LogP contribution in [0.25, 0.3) is 0 Å². The Labute approximate surface area is 113 Å². The summed E-state index contributed by atoms with van der Waals surface area (Å²) in [5.74, 6) is -0.258. The van der Waals surface area contributed by atoms with Crippen molar-refractivity contribution in [1.82, 2.24) is 0 Å². The Bertz CT molecular complexity index is 550. The average molecular weight is 314 g/mol. The molecule has 90 valence electrons. The molecule has 1 atom stereocenters. The Balaban J connectivity index is 2.46. The maximum absolute atomic E-state index is 13.7. The van der Waals surface area contributed by atoms with Crippen molar-refractivity contribution in [2.24, 2.45) is 5.73 Å². The second-order valence-electron chi connectivity index (χ2n) is 4.05. The summed E-state index contributed by atoms with van der Waals surface area (Å²) in [4.78, 5) is 2.22. The van der Waals surface area contributed by atoms with Gasteiger partial charge in [-0.15, -0.1) is 11.3 Å². The first-order chi connectivity index (χ1) is 7.99. The largest absolute Gasteiger partial charge is 0.320 e. The zero-order valence-corrected chi connectivity index (χ0v) is 12.0. The van der Waals surface area contributed by atoms with E-state index in [4.69, 9.17) is 5.73 Å². The molecule has 0 bridgehead atoms. The van der Waals surface area contributed by atoms with Gasteiger partial charge in [0.15, 0.2) is 0 Å². The van der Waals surface area contributed by atoms with Crippen molar-refractivity contribution in [1.29, 1.82) is 0 Å². The molecule has 0 fully saturated rings. The highest BCUT2D eigenvalue weighted by Gasteiger charge is 2.17. The van der Waals surface area contributed by atoms with Crippen LogP contribution in [0.5, 0.6) is 0 Å². The Kier molecular flexibility index (Phi) is 3.66. The number of halogens is 2. The number of hydrogen-bond acceptors (Lipinski definition) is 2. The molecule has 0 saturated carbocycles. The van der Waals surface area contributed by atoms with Gasteiger partial charge in [0.2, 0.25) is 0 Å². The van der Waals surface area contributed by atoms with Crippen molar-refractivity contribution in [3.05, 3.63) is 55.4 Å². The molecule has 0 aliphatic rings. The van der Waals surface area contributed by atoms with Gasteiger partial charge in [-0.2, -0.15) is 0 Å². The first-order valence-electron chi connectivity index (χ1n) is 5.26. The summed E-state index contributed by atoms with van der Waals surface area (Å²) >= 11 is 4.97. The first kappa shape index (κ1) is 12.7. The molecule has 0 amide bonds. The van der Waals surface area contributed by atoms with Crippen LogP contribution in [0.2, 0.25) is 0 Å². The van der Waals surface area contributed by atoms with Gasteiger partial charge in [0.1, 0.15) is 5.82 Å². The van der Waals surface area contributed by atoms with Gasteiger partial charge in [-0.25, -0.2) is 4.39 Å². The van der Waals surface area contributed by atoms with Crippen molar-refractivity contribution < 1.29 is 4.39 Å². The van der Waals surface area contributed by atoms with Crippen LogP contribution in [0.3, 0.4) is 0 Å². The molecule has 0 aliphatic carbocycles. The third-order valence-corrected chi connectivity index (χ3v) is 4.38. The fraction of sp³-hybridized carbons (Fsp3) is 0.231. The van der Waals surface area contributed by atoms with Gasteiger partial charge in [-0.1, -0.05) is 15.9 Å². The highest BCUT2D eigenvalue weighted by Crippen LogP contribution is 2.32. The van der Waals surface area contributed by atoms with Gasteiger partial charge in [-0.05, 0) is 43.7 Å². The molecular formula is C13H13BrFNS. The molecule has 17 heavy (non-hydrogen) atoms. The minimum atomic E-state index is -0.397. The van der Waals surface area contributed by atoms with Gasteiger partial charge in [-0.3, -0.25) is 0 Å². The maximum atomic E-state index is 13.7. The molecule has 4 heteroatoms. The van der Waals surface area contributed by atoms with E-state index < -0.39 is 6.04 Å². The van der Waals surface area contributed by atoms with Gasteiger partial charge >= 0.3 is 0 Å². The second kappa shape index (κ2) is 4.88. The summed E-state index contributed by atoms with van der Waals surface area (Å²) in [7, 11) is 0. The van der Waals surface area contributed by atoms with Gasteiger partial charge < -0.3 is 5.73 Å². The highest BCUT2D eigenvalue weighted by atomic mass is 79.9. The topological polar surface area (TPSA) is 26.0 Å². The third kappa shape index (κ3) is 2.59. The Morgan fingerprint density at radius 3 is 2.59 bits per heavy atom. The predicted octanol–water partition coefficient (Wildman–Crippen LogP) is 4.31. The Morgan fingerprint density at radius 1 is 1.29 bits per heavy atom. The third-order valence-electron chi connectivity index (χ3n) is 2.65. The van der Waals surface area contributed by atoms with E-state index in [1.165, 1.54) is 10.9 Å². The van der Waals surface area contributed by atoms with Crippen LogP contribution in [0.1, 0.15) is 26.9 Å². The number of rotatable bonds is 2. The average Bonchev–Trinajstić information content (AvgIpc) is 2.60. The Morgan fingerprint density at radius 2 is 2.00 bits per heavy atom. The lowest BCUT2D eigenvalue weighted by molar-refractivity contribution is 0.600. The van der Waals surface area contributed by atoms with Crippen molar-refractivity contribution in [2.75, 3.05) is 0 Å². The standard InChI is InChI=1S/C13H13BrFNS/c1-7-5-8(2)17-13(7)12(16)10-6-9(14)3-4-11(10)15/h3-6,12H,16H2,1-2H3. The van der Waals surface area contributed by atoms with E-state index in [9.17, 15) is 4.39 Å². The lowest BCUT2D eigenvalue weighted by Gasteiger charge is -2.13. The minimum Gasteiger partial charge on any atom is -0.320 e. The fourth-order valence-corrected chi connectivity index (χ4v) is 3.30. The van der Waals surface area contributed by atoms with Crippen LogP contribution in [0, 0.1) is 19.7 Å². The SMILES string of the molecule is Cc1cc(C)c(C(N)c2cc(Br)ccc2F)s1. The summed E-state index contributed by atoms with van der Waals surface area (Å²) in [5, 5.41) is 0. The monoisotopic (exact) mass is 313 g/mol. The van der Waals surface area contributed by atoms with Crippen molar-refractivity contribution in [2.45, 2.75) is 19.9 Å². The van der Waals surface area contributed by atoms with Gasteiger partial charge in [0, 0.05) is 19.8 Å². The van der Waals surface area contributed by atoms with E-state index in [1.807, 2.05) is 13.8 Å². The molecular weight excluding hydrogens is 301 g/mol. The van der Waals surface area contributed by atoms with Gasteiger partial charge in [0.05, 0.1) is 6.04 Å². The van der Waals surface area contributed by atoms with Crippen LogP contribution in [-0.4, -0.2) is 0 Å². The molecule has 2 rings (SSSR count). The van der Waals surface area contributed by atoms with Crippen molar-refractivity contribution >= 4 is 27.3 Å². The normalized spacial score (nSPS) is 12.8. The molecule has 2 aromatic rings. The molecule has 1 aromatic heterocycles. The summed E-state index contributed by atoms with van der Waals surface area (Å²) in [5.41, 5.74) is 7.81. The number of hydrogen-bond donors (Lipinski definition) is 1. The molecule has 1 unspecified atom stereocenters. The Hall–Kier alpha value is -0.710. The number of nitrogens with two attached hydrogens (primary N) is 1. The molecule has 1 nitrogen and oxygen atoms in total. The molecule has 0 aliphatic heterocycles. The van der Waals surface area contributed by atoms with E-state index in [0.29, 0.717) is 5.56 Å². The zero-order valence-electron chi connectivity index (χ0n) is 9.63. The predicted molar refractivity (Wildman–Crippen MR) is 73.9 cm³/mol. The molecule has 0 spiro atoms. The summed E-state index contributed by atoms with van der Waals surface area (Å²) < 4.78 is 14.6. The summed E-state index contributed by atoms with van der Waals surface area (Å²) in [6.45, 7) is 4.04. The molecule has 1 heterocycles. The van der Waals surface area contributed by atoms with E-state index in [0.717, 1.165) is 14.9 Å². The van der Waals surface area contributed by atoms with Crippen molar-refractivity contribution in [3.63, 3.8) is 0 Å². The summed E-state index contributed by atoms with van der Waals surface area (Å²) in [6.07, 6.45) is 0. The lowest BCUT2D eigenvalue weighted by Crippen LogP contribution is -2.13. The first-order valence-corrected chi connectivity index (χ1v) is 6.87. The van der Waals surface area contributed by atoms with Gasteiger partial charge in [0.25, 0.3) is 0 Å². The number of thiophene rings is 1. The second-order valence-corrected chi connectivity index (χ2v) is 6.25. The molecule has 2 N–H and O–H groups in total. The zero-order chi connectivity index (χ0) is 12.6. The number of benzene rings is 1. The molecule has 0 radical (unpaired) electrons. The van der Waals surface area contributed by atoms with Crippen LogP contribution in [0.15, 0.2) is 28.7 Å². The number of aryl methyl sites for hydroxylation is 2.